The molecule has 5 rings (SSSR count). The highest BCUT2D eigenvalue weighted by Crippen LogP contribution is 2.19. The summed E-state index contributed by atoms with van der Waals surface area (Å²) in [5, 5.41) is 0. The molecule has 0 saturated carbocycles. The molecule has 6 heteroatoms. The Balaban J connectivity index is 1.07. The summed E-state index contributed by atoms with van der Waals surface area (Å²) in [6.45, 7) is 0.769. The maximum Gasteiger partial charge on any atom is 0.343 e. The van der Waals surface area contributed by atoms with Gasteiger partial charge in [-0.05, 0) is 83.9 Å². The maximum atomic E-state index is 12.3. The van der Waals surface area contributed by atoms with Crippen molar-refractivity contribution in [2.75, 3.05) is 0 Å². The molecule has 0 bridgehead atoms. The molecular weight excluding hydrogens is 504 g/mol. The topological polar surface area (TPSA) is 71.1 Å². The van der Waals surface area contributed by atoms with Crippen LogP contribution in [0.5, 0.6) is 23.0 Å². The third kappa shape index (κ3) is 7.36. The molecule has 198 valence electrons. The van der Waals surface area contributed by atoms with Crippen molar-refractivity contribution in [3.8, 4) is 23.0 Å². The highest BCUT2D eigenvalue weighted by Gasteiger charge is 2.10. The number of para-hydroxylation sites is 2. The van der Waals surface area contributed by atoms with Crippen molar-refractivity contribution in [3.05, 3.63) is 156 Å². The Morgan fingerprint density at radius 1 is 0.400 bits per heavy atom. The fraction of sp³-hybridized carbons (Fsp3) is 0.0588. The van der Waals surface area contributed by atoms with Gasteiger partial charge in [0.05, 0.1) is 11.1 Å². The lowest BCUT2D eigenvalue weighted by Crippen LogP contribution is -2.08. The standard InChI is InChI=1S/C34H26O6/c35-33(39-31-7-3-1-4-8-31)27-15-19-29(20-16-27)37-23-25-11-13-26(14-12-25)24-38-30-21-17-28(18-22-30)34(36)40-32-9-5-2-6-10-32/h1-22H,23-24H2. The van der Waals surface area contributed by atoms with E-state index in [0.29, 0.717) is 47.3 Å². The lowest BCUT2D eigenvalue weighted by Gasteiger charge is -2.10. The van der Waals surface area contributed by atoms with Crippen molar-refractivity contribution >= 4 is 11.9 Å². The molecule has 0 aliphatic heterocycles. The molecule has 0 N–H and O–H groups in total. The summed E-state index contributed by atoms with van der Waals surface area (Å²) in [6.07, 6.45) is 0. The van der Waals surface area contributed by atoms with E-state index >= 15 is 0 Å². The Labute approximate surface area is 232 Å². The lowest BCUT2D eigenvalue weighted by molar-refractivity contribution is 0.0725. The van der Waals surface area contributed by atoms with Crippen LogP contribution in [0.3, 0.4) is 0 Å². The van der Waals surface area contributed by atoms with Crippen LogP contribution in [0, 0.1) is 0 Å². The smallest absolute Gasteiger partial charge is 0.343 e. The monoisotopic (exact) mass is 530 g/mol. The third-order valence-corrected chi connectivity index (χ3v) is 5.92. The van der Waals surface area contributed by atoms with Crippen molar-refractivity contribution in [1.82, 2.24) is 0 Å². The van der Waals surface area contributed by atoms with Crippen molar-refractivity contribution < 1.29 is 28.5 Å². The number of ether oxygens (including phenoxy) is 4. The summed E-state index contributed by atoms with van der Waals surface area (Å²) in [7, 11) is 0. The first-order chi connectivity index (χ1) is 19.6. The van der Waals surface area contributed by atoms with Crippen LogP contribution in [0.15, 0.2) is 133 Å². The molecule has 0 radical (unpaired) electrons. The minimum Gasteiger partial charge on any atom is -0.489 e. The van der Waals surface area contributed by atoms with Crippen molar-refractivity contribution in [2.45, 2.75) is 13.2 Å². The van der Waals surface area contributed by atoms with Crippen LogP contribution in [-0.2, 0) is 13.2 Å². The fourth-order valence-corrected chi connectivity index (χ4v) is 3.75. The number of rotatable bonds is 10. The van der Waals surface area contributed by atoms with Gasteiger partial charge in [0.15, 0.2) is 0 Å². The second-order valence-corrected chi connectivity index (χ2v) is 8.85. The summed E-state index contributed by atoms with van der Waals surface area (Å²) in [6, 6.07) is 39.5. The van der Waals surface area contributed by atoms with Gasteiger partial charge in [0.25, 0.3) is 0 Å². The SMILES string of the molecule is O=C(Oc1ccccc1)c1ccc(OCc2ccc(COc3ccc(C(=O)Oc4ccccc4)cc3)cc2)cc1. The molecule has 0 amide bonds. The first kappa shape index (κ1) is 26.3. The van der Waals surface area contributed by atoms with Gasteiger partial charge in [-0.15, -0.1) is 0 Å². The van der Waals surface area contributed by atoms with Crippen LogP contribution in [-0.4, -0.2) is 11.9 Å². The minimum atomic E-state index is -0.419. The molecule has 0 fully saturated rings. The number of benzene rings is 5. The van der Waals surface area contributed by atoms with E-state index in [0.717, 1.165) is 11.1 Å². The third-order valence-electron chi connectivity index (χ3n) is 5.92. The summed E-state index contributed by atoms with van der Waals surface area (Å²) >= 11 is 0. The van der Waals surface area contributed by atoms with E-state index in [1.807, 2.05) is 60.7 Å². The van der Waals surface area contributed by atoms with Crippen LogP contribution in [0.1, 0.15) is 31.8 Å². The van der Waals surface area contributed by atoms with Gasteiger partial charge in [-0.1, -0.05) is 60.7 Å². The Kier molecular flexibility index (Phi) is 8.49. The first-order valence-corrected chi connectivity index (χ1v) is 12.7. The highest BCUT2D eigenvalue weighted by atomic mass is 16.5. The zero-order valence-corrected chi connectivity index (χ0v) is 21.6. The van der Waals surface area contributed by atoms with Crippen LogP contribution < -0.4 is 18.9 Å². The van der Waals surface area contributed by atoms with Gasteiger partial charge in [0.1, 0.15) is 36.2 Å². The van der Waals surface area contributed by atoms with Gasteiger partial charge >= 0.3 is 11.9 Å². The molecular formula is C34H26O6. The van der Waals surface area contributed by atoms with E-state index in [-0.39, 0.29) is 0 Å². The van der Waals surface area contributed by atoms with Crippen molar-refractivity contribution in [3.63, 3.8) is 0 Å². The fourth-order valence-electron chi connectivity index (χ4n) is 3.75. The molecule has 0 aromatic heterocycles. The molecule has 0 heterocycles. The average Bonchev–Trinajstić information content (AvgIpc) is 3.01. The molecule has 0 unspecified atom stereocenters. The van der Waals surface area contributed by atoms with Gasteiger partial charge in [-0.3, -0.25) is 0 Å². The van der Waals surface area contributed by atoms with E-state index in [1.54, 1.807) is 72.8 Å². The predicted octanol–water partition coefficient (Wildman–Crippen LogP) is 7.28. The van der Waals surface area contributed by atoms with Crippen LogP contribution in [0.2, 0.25) is 0 Å². The first-order valence-electron chi connectivity index (χ1n) is 12.7. The zero-order valence-electron chi connectivity index (χ0n) is 21.6. The van der Waals surface area contributed by atoms with E-state index in [4.69, 9.17) is 18.9 Å². The summed E-state index contributed by atoms with van der Waals surface area (Å²) in [5.41, 5.74) is 2.89. The summed E-state index contributed by atoms with van der Waals surface area (Å²) in [4.78, 5) is 24.6. The lowest BCUT2D eigenvalue weighted by atomic mass is 10.1. The highest BCUT2D eigenvalue weighted by molar-refractivity contribution is 5.91. The Bertz CT molecular complexity index is 1410. The van der Waals surface area contributed by atoms with E-state index in [2.05, 4.69) is 0 Å². The average molecular weight is 531 g/mol. The predicted molar refractivity (Wildman–Crippen MR) is 151 cm³/mol. The number of hydrogen-bond donors (Lipinski definition) is 0. The maximum absolute atomic E-state index is 12.3. The molecule has 6 nitrogen and oxygen atoms in total. The number of esters is 2. The summed E-state index contributed by atoms with van der Waals surface area (Å²) < 4.78 is 22.4. The molecule has 0 aliphatic carbocycles. The van der Waals surface area contributed by atoms with Crippen LogP contribution >= 0.6 is 0 Å². The molecule has 0 atom stereocenters. The summed E-state index contributed by atoms with van der Waals surface area (Å²) in [5.74, 6) is 1.47. The zero-order chi connectivity index (χ0) is 27.6. The van der Waals surface area contributed by atoms with E-state index < -0.39 is 11.9 Å². The molecule has 40 heavy (non-hydrogen) atoms. The number of hydrogen-bond acceptors (Lipinski definition) is 6. The van der Waals surface area contributed by atoms with E-state index in [9.17, 15) is 9.59 Å². The van der Waals surface area contributed by atoms with Gasteiger partial charge < -0.3 is 18.9 Å². The quantitative estimate of drug-likeness (QED) is 0.140. The minimum absolute atomic E-state index is 0.384. The number of carbonyl (C=O) groups excluding carboxylic acids is 2. The second-order valence-electron chi connectivity index (χ2n) is 8.85. The Hall–Kier alpha value is -5.36. The van der Waals surface area contributed by atoms with Crippen molar-refractivity contribution in [1.29, 1.82) is 0 Å². The van der Waals surface area contributed by atoms with Crippen LogP contribution in [0.4, 0.5) is 0 Å². The van der Waals surface area contributed by atoms with Crippen molar-refractivity contribution in [2.24, 2.45) is 0 Å². The molecule has 0 saturated heterocycles. The largest absolute Gasteiger partial charge is 0.489 e. The Morgan fingerprint density at radius 3 is 1.10 bits per heavy atom. The van der Waals surface area contributed by atoms with Crippen LogP contribution in [0.25, 0.3) is 0 Å². The molecule has 0 aliphatic rings. The normalized spacial score (nSPS) is 10.4. The molecule has 5 aromatic rings. The van der Waals surface area contributed by atoms with Gasteiger partial charge in [0, 0.05) is 0 Å². The number of carbonyl (C=O) groups is 2. The van der Waals surface area contributed by atoms with Gasteiger partial charge in [-0.25, -0.2) is 9.59 Å². The molecule has 5 aromatic carbocycles. The Morgan fingerprint density at radius 2 is 0.750 bits per heavy atom. The second kappa shape index (κ2) is 12.9. The van der Waals surface area contributed by atoms with Gasteiger partial charge in [0.2, 0.25) is 0 Å². The molecule has 0 spiro atoms. The van der Waals surface area contributed by atoms with Gasteiger partial charge in [-0.2, -0.15) is 0 Å². The van der Waals surface area contributed by atoms with E-state index in [1.165, 1.54) is 0 Å².